The maximum absolute atomic E-state index is 4.27. The molecule has 0 atom stereocenters. The Morgan fingerprint density at radius 1 is 1.00 bits per heavy atom. The SMILES string of the molecule is C1=N[N]c2nc(-c3ncc4c[nH]nc4n3)ncc21. The minimum Gasteiger partial charge on any atom is -0.283 e. The van der Waals surface area contributed by atoms with E-state index in [1.165, 1.54) is 0 Å². The third-order valence-corrected chi connectivity index (χ3v) is 2.53. The van der Waals surface area contributed by atoms with E-state index in [0.717, 1.165) is 10.9 Å². The highest BCUT2D eigenvalue weighted by molar-refractivity contribution is 5.87. The smallest absolute Gasteiger partial charge is 0.199 e. The quantitative estimate of drug-likeness (QED) is 0.658. The second-order valence-electron chi connectivity index (χ2n) is 3.67. The summed E-state index contributed by atoms with van der Waals surface area (Å²) >= 11 is 0. The van der Waals surface area contributed by atoms with E-state index in [4.69, 9.17) is 0 Å². The fourth-order valence-corrected chi connectivity index (χ4v) is 1.65. The summed E-state index contributed by atoms with van der Waals surface area (Å²) in [4.78, 5) is 16.9. The van der Waals surface area contributed by atoms with Crippen LogP contribution in [0.4, 0.5) is 5.82 Å². The van der Waals surface area contributed by atoms with Gasteiger partial charge < -0.3 is 0 Å². The van der Waals surface area contributed by atoms with Crippen LogP contribution in [-0.2, 0) is 0 Å². The van der Waals surface area contributed by atoms with E-state index in [0.29, 0.717) is 23.1 Å². The normalized spacial score (nSPS) is 12.7. The molecule has 4 heterocycles. The van der Waals surface area contributed by atoms with Crippen LogP contribution in [0.1, 0.15) is 5.56 Å². The maximum atomic E-state index is 4.27. The topological polar surface area (TPSA) is 107 Å². The number of nitrogens with one attached hydrogen (secondary N) is 1. The molecule has 1 N–H and O–H groups in total. The van der Waals surface area contributed by atoms with Crippen LogP contribution < -0.4 is 5.43 Å². The van der Waals surface area contributed by atoms with Gasteiger partial charge in [-0.3, -0.25) is 5.10 Å². The van der Waals surface area contributed by atoms with Crippen molar-refractivity contribution >= 4 is 23.1 Å². The number of aromatic amines is 1. The van der Waals surface area contributed by atoms with Crippen LogP contribution in [0.15, 0.2) is 23.7 Å². The summed E-state index contributed by atoms with van der Waals surface area (Å²) in [6.07, 6.45) is 6.66. The van der Waals surface area contributed by atoms with Crippen molar-refractivity contribution in [1.29, 1.82) is 0 Å². The monoisotopic (exact) mass is 237 g/mol. The molecule has 0 aromatic carbocycles. The summed E-state index contributed by atoms with van der Waals surface area (Å²) in [6.45, 7) is 0. The van der Waals surface area contributed by atoms with Crippen molar-refractivity contribution < 1.29 is 0 Å². The number of aromatic nitrogens is 6. The van der Waals surface area contributed by atoms with Crippen molar-refractivity contribution in [3.8, 4) is 11.6 Å². The largest absolute Gasteiger partial charge is 0.283 e. The summed E-state index contributed by atoms with van der Waals surface area (Å²) in [7, 11) is 0. The van der Waals surface area contributed by atoms with E-state index in [2.05, 4.69) is 40.7 Å². The van der Waals surface area contributed by atoms with Crippen LogP contribution >= 0.6 is 0 Å². The summed E-state index contributed by atoms with van der Waals surface area (Å²) < 4.78 is 0. The molecule has 3 aromatic rings. The minimum absolute atomic E-state index is 0.410. The predicted octanol–water partition coefficient (Wildman–Crippen LogP) is 0.393. The Morgan fingerprint density at radius 2 is 1.89 bits per heavy atom. The Hall–Kier alpha value is -2.90. The molecule has 18 heavy (non-hydrogen) atoms. The number of rotatable bonds is 1. The lowest BCUT2D eigenvalue weighted by atomic mass is 10.3. The number of hydrogen-bond donors (Lipinski definition) is 1. The standard InChI is InChI=1S/C10H5N8/c1-5-3-13-17-7(5)15-9(11-1)10-12-2-6-4-14-18-8(6)16-10/h1-4H,(H,11,13,15,17). The van der Waals surface area contributed by atoms with E-state index in [9.17, 15) is 0 Å². The zero-order chi connectivity index (χ0) is 11.9. The van der Waals surface area contributed by atoms with Gasteiger partial charge in [0.05, 0.1) is 17.2 Å². The molecule has 0 aliphatic carbocycles. The van der Waals surface area contributed by atoms with Gasteiger partial charge in [-0.2, -0.15) is 10.2 Å². The van der Waals surface area contributed by atoms with E-state index < -0.39 is 0 Å². The third kappa shape index (κ3) is 1.25. The van der Waals surface area contributed by atoms with Crippen molar-refractivity contribution in [3.63, 3.8) is 0 Å². The molecule has 1 aliphatic heterocycles. The molecule has 8 heteroatoms. The lowest BCUT2D eigenvalue weighted by molar-refractivity contribution is 0.936. The molecule has 85 valence electrons. The number of fused-ring (bicyclic) bond motifs is 2. The van der Waals surface area contributed by atoms with Gasteiger partial charge >= 0.3 is 0 Å². The Bertz CT molecular complexity index is 774. The van der Waals surface area contributed by atoms with Crippen molar-refractivity contribution in [3.05, 3.63) is 24.2 Å². The zero-order valence-corrected chi connectivity index (χ0v) is 8.94. The third-order valence-electron chi connectivity index (χ3n) is 2.53. The van der Waals surface area contributed by atoms with Gasteiger partial charge in [0.2, 0.25) is 0 Å². The molecular weight excluding hydrogens is 232 g/mol. The molecule has 0 fully saturated rings. The minimum atomic E-state index is 0.410. The van der Waals surface area contributed by atoms with Gasteiger partial charge in [0, 0.05) is 18.6 Å². The molecule has 0 saturated heterocycles. The van der Waals surface area contributed by atoms with Gasteiger partial charge in [-0.15, -0.1) is 5.43 Å². The van der Waals surface area contributed by atoms with Crippen molar-refractivity contribution in [2.75, 3.05) is 0 Å². The first-order valence-corrected chi connectivity index (χ1v) is 5.18. The highest BCUT2D eigenvalue weighted by Gasteiger charge is 2.14. The van der Waals surface area contributed by atoms with Gasteiger partial charge in [0.25, 0.3) is 0 Å². The molecule has 0 saturated carbocycles. The second-order valence-corrected chi connectivity index (χ2v) is 3.67. The van der Waals surface area contributed by atoms with Gasteiger partial charge in [-0.25, -0.2) is 19.9 Å². The first-order chi connectivity index (χ1) is 8.90. The van der Waals surface area contributed by atoms with Crippen LogP contribution in [0, 0.1) is 0 Å². The molecule has 0 spiro atoms. The van der Waals surface area contributed by atoms with Crippen LogP contribution in [0.3, 0.4) is 0 Å². The molecule has 3 aromatic heterocycles. The van der Waals surface area contributed by atoms with Gasteiger partial charge in [-0.1, -0.05) is 0 Å². The lowest BCUT2D eigenvalue weighted by Crippen LogP contribution is -1.98. The van der Waals surface area contributed by atoms with Crippen molar-refractivity contribution in [2.24, 2.45) is 5.10 Å². The fourth-order valence-electron chi connectivity index (χ4n) is 1.65. The number of nitrogens with zero attached hydrogens (tertiary/aromatic N) is 7. The Kier molecular flexibility index (Phi) is 1.68. The molecule has 4 rings (SSSR count). The van der Waals surface area contributed by atoms with Crippen molar-refractivity contribution in [1.82, 2.24) is 35.6 Å². The van der Waals surface area contributed by atoms with E-state index in [1.54, 1.807) is 24.8 Å². The van der Waals surface area contributed by atoms with Crippen LogP contribution in [0.5, 0.6) is 0 Å². The van der Waals surface area contributed by atoms with E-state index in [1.807, 2.05) is 0 Å². The molecular formula is C10H5N8. The highest BCUT2D eigenvalue weighted by Crippen LogP contribution is 2.19. The number of H-pyrrole nitrogens is 1. The van der Waals surface area contributed by atoms with Gasteiger partial charge in [0.1, 0.15) is 0 Å². The van der Waals surface area contributed by atoms with Crippen LogP contribution in [0.25, 0.3) is 22.7 Å². The Morgan fingerprint density at radius 3 is 2.89 bits per heavy atom. The first kappa shape index (κ1) is 9.16. The first-order valence-electron chi connectivity index (χ1n) is 5.18. The zero-order valence-electron chi connectivity index (χ0n) is 8.94. The predicted molar refractivity (Wildman–Crippen MR) is 62.1 cm³/mol. The molecule has 8 nitrogen and oxygen atoms in total. The van der Waals surface area contributed by atoms with Gasteiger partial charge in [-0.05, 0) is 0 Å². The average Bonchev–Trinajstić information content (AvgIpc) is 3.05. The lowest BCUT2D eigenvalue weighted by Gasteiger charge is -1.99. The maximum Gasteiger partial charge on any atom is 0.199 e. The Balaban J connectivity index is 1.86. The summed E-state index contributed by atoms with van der Waals surface area (Å²) in [5, 5.41) is 11.3. The van der Waals surface area contributed by atoms with E-state index >= 15 is 0 Å². The highest BCUT2D eigenvalue weighted by atomic mass is 15.3. The molecule has 1 aliphatic rings. The van der Waals surface area contributed by atoms with Crippen LogP contribution in [-0.4, -0.2) is 36.3 Å². The summed E-state index contributed by atoms with van der Waals surface area (Å²) in [6, 6.07) is 0. The summed E-state index contributed by atoms with van der Waals surface area (Å²) in [5.41, 5.74) is 5.25. The Labute approximate surface area is 100 Å². The van der Waals surface area contributed by atoms with Crippen LogP contribution in [0.2, 0.25) is 0 Å². The molecule has 0 unspecified atom stereocenters. The molecule has 0 amide bonds. The van der Waals surface area contributed by atoms with Gasteiger partial charge in [0.15, 0.2) is 23.1 Å². The van der Waals surface area contributed by atoms with E-state index in [-0.39, 0.29) is 0 Å². The molecule has 1 radical (unpaired) electrons. The average molecular weight is 237 g/mol. The summed E-state index contributed by atoms with van der Waals surface area (Å²) in [5.74, 6) is 1.36. The molecule has 0 bridgehead atoms. The fraction of sp³-hybridized carbons (Fsp3) is 0. The van der Waals surface area contributed by atoms with Crippen molar-refractivity contribution in [2.45, 2.75) is 0 Å². The number of hydrogen-bond acceptors (Lipinski definition) is 6. The second kappa shape index (κ2) is 3.29.